The number of carbonyl (C=O) groups excluding carboxylic acids is 1. The summed E-state index contributed by atoms with van der Waals surface area (Å²) in [5, 5.41) is 0.848. The van der Waals surface area contributed by atoms with E-state index in [9.17, 15) is 18.0 Å². The van der Waals surface area contributed by atoms with E-state index < -0.39 is 10.0 Å². The molecule has 0 bridgehead atoms. The Morgan fingerprint density at radius 3 is 2.37 bits per heavy atom. The number of aryl methyl sites for hydroxylation is 1. The van der Waals surface area contributed by atoms with E-state index in [-0.39, 0.29) is 22.8 Å². The minimum atomic E-state index is -3.79. The van der Waals surface area contributed by atoms with Crippen LogP contribution in [0.3, 0.4) is 0 Å². The third-order valence-electron chi connectivity index (χ3n) is 4.44. The van der Waals surface area contributed by atoms with Crippen LogP contribution in [-0.2, 0) is 16.6 Å². The van der Waals surface area contributed by atoms with E-state index in [0.29, 0.717) is 16.6 Å². The lowest BCUT2D eigenvalue weighted by molar-refractivity contribution is 0.101. The summed E-state index contributed by atoms with van der Waals surface area (Å²) in [6.07, 6.45) is 0. The molecule has 0 unspecified atom stereocenters. The van der Waals surface area contributed by atoms with Crippen LogP contribution in [-0.4, -0.2) is 30.5 Å². The van der Waals surface area contributed by atoms with Gasteiger partial charge >= 0.3 is 0 Å². The second-order valence-corrected chi connectivity index (χ2v) is 8.60. The molecule has 27 heavy (non-hydrogen) atoms. The Morgan fingerprint density at radius 2 is 1.74 bits per heavy atom. The molecule has 0 saturated carbocycles. The highest BCUT2D eigenvalue weighted by Gasteiger charge is 2.22. The molecule has 1 heterocycles. The summed E-state index contributed by atoms with van der Waals surface area (Å²) < 4.78 is 26.7. The summed E-state index contributed by atoms with van der Waals surface area (Å²) in [5.41, 5.74) is 2.24. The third kappa shape index (κ3) is 3.84. The van der Waals surface area contributed by atoms with Crippen LogP contribution in [0, 0.1) is 6.92 Å². The Balaban J connectivity index is 1.92. The average Bonchev–Trinajstić information content (AvgIpc) is 2.62. The van der Waals surface area contributed by atoms with Gasteiger partial charge in [0.2, 0.25) is 10.0 Å². The molecule has 2 aromatic carbocycles. The molecule has 3 aromatic rings. The molecule has 0 aliphatic carbocycles. The minimum Gasteiger partial charge on any atom is -0.322 e. The number of nitrogens with zero attached hydrogens (tertiary/aromatic N) is 1. The molecule has 1 N–H and O–H groups in total. The van der Waals surface area contributed by atoms with Crippen molar-refractivity contribution in [2.24, 2.45) is 0 Å². The van der Waals surface area contributed by atoms with Gasteiger partial charge in [0.25, 0.3) is 5.56 Å². The topological polar surface area (TPSA) is 87.3 Å². The van der Waals surface area contributed by atoms with Crippen molar-refractivity contribution in [1.82, 2.24) is 9.29 Å². The van der Waals surface area contributed by atoms with Crippen LogP contribution >= 0.6 is 0 Å². The van der Waals surface area contributed by atoms with Crippen molar-refractivity contribution in [2.45, 2.75) is 25.3 Å². The Bertz CT molecular complexity index is 1180. The maximum Gasteiger partial charge on any atom is 0.252 e. The molecule has 0 atom stereocenters. The van der Waals surface area contributed by atoms with Crippen LogP contribution in [0.5, 0.6) is 0 Å². The quantitative estimate of drug-likeness (QED) is 0.685. The Kier molecular flexibility index (Phi) is 4.99. The highest BCUT2D eigenvalue weighted by molar-refractivity contribution is 7.89. The van der Waals surface area contributed by atoms with Gasteiger partial charge in [0, 0.05) is 30.2 Å². The second kappa shape index (κ2) is 7.09. The summed E-state index contributed by atoms with van der Waals surface area (Å²) in [6.45, 7) is 3.31. The summed E-state index contributed by atoms with van der Waals surface area (Å²) in [4.78, 5) is 26.5. The molecule has 7 heteroatoms. The average molecular weight is 384 g/mol. The van der Waals surface area contributed by atoms with Gasteiger partial charge in [-0.3, -0.25) is 9.59 Å². The van der Waals surface area contributed by atoms with Gasteiger partial charge in [-0.15, -0.1) is 0 Å². The zero-order valence-corrected chi connectivity index (χ0v) is 16.1. The van der Waals surface area contributed by atoms with Crippen LogP contribution < -0.4 is 5.56 Å². The third-order valence-corrected chi connectivity index (χ3v) is 6.26. The molecule has 0 radical (unpaired) electrons. The molecule has 0 amide bonds. The van der Waals surface area contributed by atoms with Crippen LogP contribution in [0.4, 0.5) is 0 Å². The Morgan fingerprint density at radius 1 is 1.07 bits per heavy atom. The molecule has 140 valence electrons. The van der Waals surface area contributed by atoms with Gasteiger partial charge in [-0.05, 0) is 49.6 Å². The number of aromatic nitrogens is 1. The SMILES string of the molecule is CC(=O)c1ccc(S(=O)(=O)N(C)Cc2cc3cc(C)ccc3[nH]c2=O)cc1. The molecule has 0 saturated heterocycles. The lowest BCUT2D eigenvalue weighted by Gasteiger charge is -2.17. The summed E-state index contributed by atoms with van der Waals surface area (Å²) in [6, 6.07) is 13.1. The molecule has 0 fully saturated rings. The molecular formula is C20H20N2O4S. The number of hydrogen-bond donors (Lipinski definition) is 1. The van der Waals surface area contributed by atoms with Gasteiger partial charge in [0.1, 0.15) is 0 Å². The van der Waals surface area contributed by atoms with E-state index in [2.05, 4.69) is 4.98 Å². The van der Waals surface area contributed by atoms with E-state index in [4.69, 9.17) is 0 Å². The largest absolute Gasteiger partial charge is 0.322 e. The number of nitrogens with one attached hydrogen (secondary N) is 1. The van der Waals surface area contributed by atoms with E-state index in [1.807, 2.05) is 25.1 Å². The van der Waals surface area contributed by atoms with E-state index in [1.54, 1.807) is 6.07 Å². The summed E-state index contributed by atoms with van der Waals surface area (Å²) in [5.74, 6) is -0.134. The summed E-state index contributed by atoms with van der Waals surface area (Å²) >= 11 is 0. The van der Waals surface area contributed by atoms with Gasteiger partial charge in [-0.1, -0.05) is 23.8 Å². The predicted octanol–water partition coefficient (Wildman–Crippen LogP) is 2.86. The van der Waals surface area contributed by atoms with Crippen LogP contribution in [0.1, 0.15) is 28.4 Å². The lowest BCUT2D eigenvalue weighted by Crippen LogP contribution is -2.29. The number of ketones is 1. The number of rotatable bonds is 5. The number of carbonyl (C=O) groups is 1. The fourth-order valence-electron chi connectivity index (χ4n) is 2.86. The number of hydrogen-bond acceptors (Lipinski definition) is 4. The van der Waals surface area contributed by atoms with Gasteiger partial charge in [0.05, 0.1) is 4.90 Å². The first-order valence-electron chi connectivity index (χ1n) is 8.38. The molecule has 3 rings (SSSR count). The minimum absolute atomic E-state index is 0.0595. The van der Waals surface area contributed by atoms with Crippen molar-refractivity contribution < 1.29 is 13.2 Å². The normalized spacial score (nSPS) is 11.9. The van der Waals surface area contributed by atoms with E-state index in [1.165, 1.54) is 38.2 Å². The van der Waals surface area contributed by atoms with Crippen molar-refractivity contribution in [1.29, 1.82) is 0 Å². The Labute approximate surface area is 157 Å². The first kappa shape index (κ1) is 19.0. The smallest absolute Gasteiger partial charge is 0.252 e. The molecule has 0 aliphatic heterocycles. The fourth-order valence-corrected chi connectivity index (χ4v) is 4.00. The zero-order chi connectivity index (χ0) is 19.8. The van der Waals surface area contributed by atoms with E-state index in [0.717, 1.165) is 15.3 Å². The number of Topliss-reactive ketones (excluding diaryl/α,β-unsaturated/α-hetero) is 1. The highest BCUT2D eigenvalue weighted by atomic mass is 32.2. The number of benzene rings is 2. The number of fused-ring (bicyclic) bond motifs is 1. The molecule has 0 spiro atoms. The number of pyridine rings is 1. The van der Waals surface area contributed by atoms with Crippen molar-refractivity contribution in [2.75, 3.05) is 7.05 Å². The fraction of sp³-hybridized carbons (Fsp3) is 0.200. The molecular weight excluding hydrogens is 364 g/mol. The molecule has 0 aliphatic rings. The summed E-state index contributed by atoms with van der Waals surface area (Å²) in [7, 11) is -2.36. The number of aromatic amines is 1. The van der Waals surface area contributed by atoms with Crippen molar-refractivity contribution in [3.63, 3.8) is 0 Å². The molecule has 6 nitrogen and oxygen atoms in total. The monoisotopic (exact) mass is 384 g/mol. The maximum atomic E-state index is 12.8. The van der Waals surface area contributed by atoms with Crippen LogP contribution in [0.25, 0.3) is 10.9 Å². The Hall–Kier alpha value is -2.77. The predicted molar refractivity (Wildman–Crippen MR) is 104 cm³/mol. The van der Waals surface area contributed by atoms with Crippen LogP contribution in [0.2, 0.25) is 0 Å². The zero-order valence-electron chi connectivity index (χ0n) is 15.3. The van der Waals surface area contributed by atoms with Crippen molar-refractivity contribution in [3.8, 4) is 0 Å². The highest BCUT2D eigenvalue weighted by Crippen LogP contribution is 2.19. The first-order chi connectivity index (χ1) is 12.7. The van der Waals surface area contributed by atoms with Crippen LogP contribution in [0.15, 0.2) is 58.2 Å². The first-order valence-corrected chi connectivity index (χ1v) is 9.82. The van der Waals surface area contributed by atoms with Gasteiger partial charge in [-0.2, -0.15) is 4.31 Å². The van der Waals surface area contributed by atoms with E-state index >= 15 is 0 Å². The van der Waals surface area contributed by atoms with Gasteiger partial charge in [-0.25, -0.2) is 8.42 Å². The van der Waals surface area contributed by atoms with Gasteiger partial charge in [0.15, 0.2) is 5.78 Å². The van der Waals surface area contributed by atoms with Crippen molar-refractivity contribution in [3.05, 3.63) is 75.6 Å². The van der Waals surface area contributed by atoms with Crippen molar-refractivity contribution >= 4 is 26.7 Å². The standard InChI is InChI=1S/C20H20N2O4S/c1-13-4-9-19-16(10-13)11-17(20(24)21-19)12-22(3)27(25,26)18-7-5-15(6-8-18)14(2)23/h4-11H,12H2,1-3H3,(H,21,24). The lowest BCUT2D eigenvalue weighted by atomic mass is 10.1. The number of sulfonamides is 1. The van der Waals surface area contributed by atoms with Gasteiger partial charge < -0.3 is 4.98 Å². The number of H-pyrrole nitrogens is 1. The maximum absolute atomic E-state index is 12.8. The second-order valence-electron chi connectivity index (χ2n) is 6.56. The molecule has 1 aromatic heterocycles.